The standard InChI is InChI=1S/C6H5NO4/c8-2-3-1-4(6(10)11)7-5(3)9/h1-2,7,9H,(H,10,11). The topological polar surface area (TPSA) is 90.4 Å². The van der Waals surface area contributed by atoms with Gasteiger partial charge in [-0.25, -0.2) is 4.79 Å². The van der Waals surface area contributed by atoms with Crippen LogP contribution in [0.1, 0.15) is 20.8 Å². The lowest BCUT2D eigenvalue weighted by atomic mass is 10.3. The number of carbonyl (C=O) groups excluding carboxylic acids is 1. The van der Waals surface area contributed by atoms with Gasteiger partial charge in [0.1, 0.15) is 5.69 Å². The number of rotatable bonds is 2. The van der Waals surface area contributed by atoms with E-state index in [-0.39, 0.29) is 11.3 Å². The smallest absolute Gasteiger partial charge is 0.352 e. The van der Waals surface area contributed by atoms with E-state index >= 15 is 0 Å². The van der Waals surface area contributed by atoms with Crippen LogP contribution in [0, 0.1) is 0 Å². The molecule has 0 spiro atoms. The molecule has 1 rings (SSSR count). The molecular weight excluding hydrogens is 150 g/mol. The van der Waals surface area contributed by atoms with E-state index in [1.807, 2.05) is 0 Å². The quantitative estimate of drug-likeness (QED) is 0.533. The minimum absolute atomic E-state index is 0.0533. The van der Waals surface area contributed by atoms with Crippen LogP contribution in [0.15, 0.2) is 6.07 Å². The van der Waals surface area contributed by atoms with E-state index in [1.165, 1.54) is 0 Å². The summed E-state index contributed by atoms with van der Waals surface area (Å²) in [5.74, 6) is -1.63. The molecule has 0 aliphatic rings. The average Bonchev–Trinajstić information content (AvgIpc) is 2.31. The number of nitrogens with one attached hydrogen (secondary N) is 1. The van der Waals surface area contributed by atoms with Crippen molar-refractivity contribution in [1.29, 1.82) is 0 Å². The van der Waals surface area contributed by atoms with Crippen molar-refractivity contribution in [1.82, 2.24) is 4.98 Å². The van der Waals surface area contributed by atoms with Crippen LogP contribution in [0.5, 0.6) is 5.88 Å². The molecule has 3 N–H and O–H groups in total. The maximum absolute atomic E-state index is 10.2. The van der Waals surface area contributed by atoms with Crippen LogP contribution in [0.25, 0.3) is 0 Å². The molecule has 1 heterocycles. The maximum atomic E-state index is 10.2. The first kappa shape index (κ1) is 7.33. The number of aromatic hydroxyl groups is 1. The zero-order valence-corrected chi connectivity index (χ0v) is 5.37. The van der Waals surface area contributed by atoms with Crippen LogP contribution in [0.4, 0.5) is 0 Å². The number of aldehydes is 1. The lowest BCUT2D eigenvalue weighted by Crippen LogP contribution is -1.94. The Morgan fingerprint density at radius 2 is 2.27 bits per heavy atom. The summed E-state index contributed by atoms with van der Waals surface area (Å²) in [4.78, 5) is 22.4. The van der Waals surface area contributed by atoms with Crippen molar-refractivity contribution < 1.29 is 19.8 Å². The van der Waals surface area contributed by atoms with Crippen LogP contribution < -0.4 is 0 Å². The minimum Gasteiger partial charge on any atom is -0.494 e. The Balaban J connectivity index is 3.14. The van der Waals surface area contributed by atoms with Crippen molar-refractivity contribution in [2.24, 2.45) is 0 Å². The average molecular weight is 155 g/mol. The molecule has 58 valence electrons. The molecule has 1 aromatic rings. The Kier molecular flexibility index (Phi) is 1.63. The van der Waals surface area contributed by atoms with Crippen LogP contribution in [0.2, 0.25) is 0 Å². The van der Waals surface area contributed by atoms with Gasteiger partial charge in [0.15, 0.2) is 12.2 Å². The van der Waals surface area contributed by atoms with E-state index < -0.39 is 11.8 Å². The Hall–Kier alpha value is -1.78. The second kappa shape index (κ2) is 2.45. The number of carboxylic acid groups (broad SMARTS) is 1. The second-order valence-electron chi connectivity index (χ2n) is 1.91. The summed E-state index contributed by atoms with van der Waals surface area (Å²) in [6.45, 7) is 0. The minimum atomic E-state index is -1.21. The first-order chi connectivity index (χ1) is 5.15. The van der Waals surface area contributed by atoms with Gasteiger partial charge in [0.25, 0.3) is 0 Å². The first-order valence-corrected chi connectivity index (χ1v) is 2.75. The van der Waals surface area contributed by atoms with Gasteiger partial charge in [0.2, 0.25) is 0 Å². The Morgan fingerprint density at radius 3 is 2.55 bits per heavy atom. The molecule has 1 aromatic heterocycles. The van der Waals surface area contributed by atoms with Crippen molar-refractivity contribution in [3.63, 3.8) is 0 Å². The predicted octanol–water partition coefficient (Wildman–Crippen LogP) is 0.231. The van der Waals surface area contributed by atoms with Gasteiger partial charge >= 0.3 is 5.97 Å². The van der Waals surface area contributed by atoms with E-state index in [9.17, 15) is 9.59 Å². The fraction of sp³-hybridized carbons (Fsp3) is 0. The number of carboxylic acids is 1. The van der Waals surface area contributed by atoms with Gasteiger partial charge in [0, 0.05) is 0 Å². The summed E-state index contributed by atoms with van der Waals surface area (Å²) in [5, 5.41) is 17.2. The maximum Gasteiger partial charge on any atom is 0.352 e. The summed E-state index contributed by atoms with van der Waals surface area (Å²) in [6, 6.07) is 1.06. The van der Waals surface area contributed by atoms with Gasteiger partial charge in [0.05, 0.1) is 5.56 Å². The number of H-pyrrole nitrogens is 1. The molecule has 5 heteroatoms. The van der Waals surface area contributed by atoms with Crippen LogP contribution >= 0.6 is 0 Å². The van der Waals surface area contributed by atoms with Crippen molar-refractivity contribution in [2.45, 2.75) is 0 Å². The zero-order chi connectivity index (χ0) is 8.43. The fourth-order valence-corrected chi connectivity index (χ4v) is 0.665. The second-order valence-corrected chi connectivity index (χ2v) is 1.91. The van der Waals surface area contributed by atoms with E-state index in [0.29, 0.717) is 6.29 Å². The number of aromatic amines is 1. The van der Waals surface area contributed by atoms with Gasteiger partial charge in [-0.15, -0.1) is 0 Å². The molecule has 0 unspecified atom stereocenters. The molecule has 0 atom stereocenters. The van der Waals surface area contributed by atoms with Gasteiger partial charge in [-0.05, 0) is 6.07 Å². The third kappa shape index (κ3) is 1.21. The molecule has 0 aromatic carbocycles. The number of hydrogen-bond acceptors (Lipinski definition) is 3. The Morgan fingerprint density at radius 1 is 1.64 bits per heavy atom. The summed E-state index contributed by atoms with van der Waals surface area (Å²) in [5.41, 5.74) is -0.257. The summed E-state index contributed by atoms with van der Waals surface area (Å²) < 4.78 is 0. The molecule has 11 heavy (non-hydrogen) atoms. The lowest BCUT2D eigenvalue weighted by molar-refractivity contribution is 0.0690. The molecule has 0 aliphatic heterocycles. The molecule has 0 amide bonds. The number of hydrogen-bond donors (Lipinski definition) is 3. The molecule has 0 saturated heterocycles. The number of carbonyl (C=O) groups is 2. The molecule has 0 aliphatic carbocycles. The van der Waals surface area contributed by atoms with Gasteiger partial charge in [-0.3, -0.25) is 4.79 Å². The van der Waals surface area contributed by atoms with Crippen molar-refractivity contribution in [3.8, 4) is 5.88 Å². The van der Waals surface area contributed by atoms with Crippen molar-refractivity contribution in [3.05, 3.63) is 17.3 Å². The van der Waals surface area contributed by atoms with Crippen LogP contribution in [-0.2, 0) is 0 Å². The lowest BCUT2D eigenvalue weighted by Gasteiger charge is -1.83. The number of aromatic carboxylic acids is 1. The van der Waals surface area contributed by atoms with Gasteiger partial charge < -0.3 is 15.2 Å². The molecule has 0 fully saturated rings. The highest BCUT2D eigenvalue weighted by Crippen LogP contribution is 2.14. The van der Waals surface area contributed by atoms with E-state index in [1.54, 1.807) is 0 Å². The van der Waals surface area contributed by atoms with Crippen molar-refractivity contribution >= 4 is 12.3 Å². The van der Waals surface area contributed by atoms with E-state index in [2.05, 4.69) is 4.98 Å². The highest BCUT2D eigenvalue weighted by Gasteiger charge is 2.10. The largest absolute Gasteiger partial charge is 0.494 e. The fourth-order valence-electron chi connectivity index (χ4n) is 0.665. The summed E-state index contributed by atoms with van der Waals surface area (Å²) >= 11 is 0. The van der Waals surface area contributed by atoms with Gasteiger partial charge in [-0.1, -0.05) is 0 Å². The Bertz CT molecular complexity index is 302. The van der Waals surface area contributed by atoms with Crippen LogP contribution in [-0.4, -0.2) is 27.5 Å². The molecular formula is C6H5NO4. The van der Waals surface area contributed by atoms with E-state index in [4.69, 9.17) is 10.2 Å². The monoisotopic (exact) mass is 155 g/mol. The highest BCUT2D eigenvalue weighted by atomic mass is 16.4. The predicted molar refractivity (Wildman–Crippen MR) is 34.8 cm³/mol. The molecule has 0 saturated carbocycles. The normalized spacial score (nSPS) is 9.45. The summed E-state index contributed by atoms with van der Waals surface area (Å²) in [7, 11) is 0. The van der Waals surface area contributed by atoms with Crippen molar-refractivity contribution in [2.75, 3.05) is 0 Å². The molecule has 0 bridgehead atoms. The molecule has 5 nitrogen and oxygen atoms in total. The highest BCUT2D eigenvalue weighted by molar-refractivity contribution is 5.90. The van der Waals surface area contributed by atoms with E-state index in [0.717, 1.165) is 6.07 Å². The third-order valence-corrected chi connectivity index (χ3v) is 1.18. The molecule has 0 radical (unpaired) electrons. The first-order valence-electron chi connectivity index (χ1n) is 2.75. The Labute approximate surface area is 61.3 Å². The van der Waals surface area contributed by atoms with Gasteiger partial charge in [-0.2, -0.15) is 0 Å². The summed E-state index contributed by atoms with van der Waals surface area (Å²) in [6.07, 6.45) is 0.373. The van der Waals surface area contributed by atoms with Crippen LogP contribution in [0.3, 0.4) is 0 Å². The SMILES string of the molecule is O=Cc1cc(C(=O)O)[nH]c1O. The zero-order valence-electron chi connectivity index (χ0n) is 5.37. The number of aromatic nitrogens is 1. The third-order valence-electron chi connectivity index (χ3n) is 1.18.